The minimum absolute atomic E-state index is 0.0655. The van der Waals surface area contributed by atoms with E-state index in [1.807, 2.05) is 4.90 Å². The van der Waals surface area contributed by atoms with Gasteiger partial charge in [-0.3, -0.25) is 4.79 Å². The fraction of sp³-hybridized carbons (Fsp3) is 0.333. The lowest BCUT2D eigenvalue weighted by atomic mass is 9.89. The van der Waals surface area contributed by atoms with Gasteiger partial charge >= 0.3 is 0 Å². The monoisotopic (exact) mass is 482 g/mol. The van der Waals surface area contributed by atoms with E-state index in [2.05, 4.69) is 27.4 Å². The average molecular weight is 483 g/mol. The summed E-state index contributed by atoms with van der Waals surface area (Å²) in [5.74, 6) is -0.564. The topological polar surface area (TPSA) is 89.1 Å². The van der Waals surface area contributed by atoms with E-state index in [-0.39, 0.29) is 29.1 Å². The van der Waals surface area contributed by atoms with Crippen LogP contribution in [0.4, 0.5) is 10.4 Å². The molecule has 1 amide bonds. The number of halogens is 2. The van der Waals surface area contributed by atoms with Crippen LogP contribution < -0.4 is 5.32 Å². The number of anilines is 1. The van der Waals surface area contributed by atoms with Crippen LogP contribution in [0.5, 0.6) is 0 Å². The van der Waals surface area contributed by atoms with Crippen molar-refractivity contribution < 1.29 is 13.6 Å². The van der Waals surface area contributed by atoms with Gasteiger partial charge in [0.05, 0.1) is 24.0 Å². The van der Waals surface area contributed by atoms with Crippen LogP contribution in [0.15, 0.2) is 47.1 Å². The minimum atomic E-state index is -0.546. The third kappa shape index (κ3) is 4.11. The fourth-order valence-corrected chi connectivity index (χ4v) is 4.75. The summed E-state index contributed by atoms with van der Waals surface area (Å²) >= 11 is 6.05. The summed E-state index contributed by atoms with van der Waals surface area (Å²) in [7, 11) is 0. The Kier molecular flexibility index (Phi) is 5.95. The molecule has 10 heteroatoms. The molecule has 1 aliphatic heterocycles. The van der Waals surface area contributed by atoms with Gasteiger partial charge in [0.2, 0.25) is 0 Å². The van der Waals surface area contributed by atoms with Gasteiger partial charge in [-0.05, 0) is 55.5 Å². The van der Waals surface area contributed by atoms with Crippen LogP contribution in [-0.4, -0.2) is 49.9 Å². The minimum Gasteiger partial charge on any atom is -0.424 e. The molecule has 0 spiro atoms. The van der Waals surface area contributed by atoms with Crippen LogP contribution in [0.25, 0.3) is 16.8 Å². The maximum atomic E-state index is 14.9. The molecule has 176 valence electrons. The summed E-state index contributed by atoms with van der Waals surface area (Å²) in [6, 6.07) is 8.43. The van der Waals surface area contributed by atoms with Crippen molar-refractivity contribution in [2.24, 2.45) is 5.92 Å². The Bertz CT molecular complexity index is 1340. The Balaban J connectivity index is 1.44. The summed E-state index contributed by atoms with van der Waals surface area (Å²) in [4.78, 5) is 21.3. The first-order valence-electron chi connectivity index (χ1n) is 11.2. The number of aryl methyl sites for hydroxylation is 1. The molecule has 0 bridgehead atoms. The first-order valence-corrected chi connectivity index (χ1v) is 11.6. The van der Waals surface area contributed by atoms with Crippen molar-refractivity contribution in [2.45, 2.75) is 32.7 Å². The summed E-state index contributed by atoms with van der Waals surface area (Å²) in [5.41, 5.74) is 2.29. The number of hydrogen-bond acceptors (Lipinski definition) is 6. The summed E-state index contributed by atoms with van der Waals surface area (Å²) < 4.78 is 20.7. The number of carbonyl (C=O) groups excluding carboxylic acids is 1. The highest BCUT2D eigenvalue weighted by Gasteiger charge is 2.35. The lowest BCUT2D eigenvalue weighted by molar-refractivity contribution is 0.0537. The zero-order chi connectivity index (χ0) is 23.8. The van der Waals surface area contributed by atoms with Gasteiger partial charge in [-0.1, -0.05) is 24.6 Å². The Labute approximate surface area is 200 Å². The Hall–Kier alpha value is -3.46. The molecule has 3 heterocycles. The van der Waals surface area contributed by atoms with Crippen molar-refractivity contribution in [3.63, 3.8) is 0 Å². The van der Waals surface area contributed by atoms with Gasteiger partial charge < -0.3 is 14.6 Å². The van der Waals surface area contributed by atoms with E-state index in [0.29, 0.717) is 40.8 Å². The zero-order valence-corrected chi connectivity index (χ0v) is 19.6. The van der Waals surface area contributed by atoms with Gasteiger partial charge in [0.1, 0.15) is 11.2 Å². The van der Waals surface area contributed by atoms with E-state index in [4.69, 9.17) is 16.0 Å². The van der Waals surface area contributed by atoms with E-state index in [1.54, 1.807) is 31.2 Å². The van der Waals surface area contributed by atoms with Crippen molar-refractivity contribution >= 4 is 34.6 Å². The van der Waals surface area contributed by atoms with Crippen molar-refractivity contribution in [3.05, 3.63) is 64.7 Å². The average Bonchev–Trinajstić information content (AvgIpc) is 3.48. The number of aromatic nitrogens is 4. The third-order valence-corrected chi connectivity index (χ3v) is 6.59. The van der Waals surface area contributed by atoms with Crippen molar-refractivity contribution in [1.82, 2.24) is 24.9 Å². The second-order valence-electron chi connectivity index (χ2n) is 8.60. The SMILES string of the molecule is Cc1ccc(F)c(-n2nccn2)c1C(=O)N1CCC[C@@H](C)[C@H]1CNc1nc2cc(Cl)ccc2o1. The Morgan fingerprint density at radius 3 is 2.85 bits per heavy atom. The van der Waals surface area contributed by atoms with E-state index < -0.39 is 5.82 Å². The van der Waals surface area contributed by atoms with Gasteiger partial charge in [0, 0.05) is 18.1 Å². The molecule has 1 saturated heterocycles. The molecule has 0 radical (unpaired) electrons. The molecule has 2 aromatic heterocycles. The summed E-state index contributed by atoms with van der Waals surface area (Å²) in [5, 5.41) is 12.0. The van der Waals surface area contributed by atoms with E-state index in [0.717, 1.165) is 12.8 Å². The standard InChI is InChI=1S/C24H24ClFN6O2/c1-14-4-3-11-31(19(14)13-27-24-30-18-12-16(25)6-8-20(18)34-24)23(33)21-15(2)5-7-17(26)22(21)32-28-9-10-29-32/h5-10,12,14,19H,3-4,11,13H2,1-2H3,(H,27,30)/t14-,19-/m1/s1. The van der Waals surface area contributed by atoms with Crippen LogP contribution in [0.3, 0.4) is 0 Å². The van der Waals surface area contributed by atoms with Gasteiger partial charge in [0.15, 0.2) is 11.4 Å². The first-order chi connectivity index (χ1) is 16.4. The number of piperidine rings is 1. The van der Waals surface area contributed by atoms with Crippen LogP contribution in [0.2, 0.25) is 5.02 Å². The van der Waals surface area contributed by atoms with Crippen molar-refractivity contribution in [1.29, 1.82) is 0 Å². The quantitative estimate of drug-likeness (QED) is 0.437. The number of rotatable bonds is 5. The molecular weight excluding hydrogens is 459 g/mol. The fourth-order valence-electron chi connectivity index (χ4n) is 4.59. The highest BCUT2D eigenvalue weighted by Crippen LogP contribution is 2.30. The second-order valence-corrected chi connectivity index (χ2v) is 9.04. The number of fused-ring (bicyclic) bond motifs is 1. The van der Waals surface area contributed by atoms with Crippen LogP contribution in [-0.2, 0) is 0 Å². The molecule has 34 heavy (non-hydrogen) atoms. The van der Waals surface area contributed by atoms with E-state index in [1.165, 1.54) is 23.3 Å². The van der Waals surface area contributed by atoms with Crippen molar-refractivity contribution in [2.75, 3.05) is 18.4 Å². The molecule has 2 aromatic carbocycles. The number of benzene rings is 2. The number of nitrogens with zero attached hydrogens (tertiary/aromatic N) is 5. The number of likely N-dealkylation sites (tertiary alicyclic amines) is 1. The lowest BCUT2D eigenvalue weighted by Gasteiger charge is -2.40. The molecule has 0 aliphatic carbocycles. The lowest BCUT2D eigenvalue weighted by Crippen LogP contribution is -2.51. The maximum Gasteiger partial charge on any atom is 0.295 e. The number of carbonyl (C=O) groups is 1. The van der Waals surface area contributed by atoms with E-state index >= 15 is 0 Å². The molecule has 1 N–H and O–H groups in total. The number of nitrogens with one attached hydrogen (secondary N) is 1. The smallest absolute Gasteiger partial charge is 0.295 e. The molecule has 8 nitrogen and oxygen atoms in total. The van der Waals surface area contributed by atoms with Crippen LogP contribution in [0.1, 0.15) is 35.7 Å². The number of amides is 1. The van der Waals surface area contributed by atoms with Gasteiger partial charge in [-0.25, -0.2) is 4.39 Å². The normalized spacial score (nSPS) is 18.4. The maximum absolute atomic E-state index is 14.9. The molecule has 1 fully saturated rings. The predicted octanol–water partition coefficient (Wildman–Crippen LogP) is 4.86. The van der Waals surface area contributed by atoms with Crippen LogP contribution in [0, 0.1) is 18.7 Å². The highest BCUT2D eigenvalue weighted by molar-refractivity contribution is 6.31. The number of hydrogen-bond donors (Lipinski definition) is 1. The molecule has 0 saturated carbocycles. The van der Waals surface area contributed by atoms with Gasteiger partial charge in [0.25, 0.3) is 11.9 Å². The third-order valence-electron chi connectivity index (χ3n) is 6.36. The number of oxazole rings is 1. The summed E-state index contributed by atoms with van der Waals surface area (Å²) in [6.45, 7) is 4.92. The molecule has 1 aliphatic rings. The molecule has 5 rings (SSSR count). The molecule has 4 aromatic rings. The first kappa shape index (κ1) is 22.3. The molecule has 0 unspecified atom stereocenters. The molecular formula is C24H24ClFN6O2. The van der Waals surface area contributed by atoms with Crippen molar-refractivity contribution in [3.8, 4) is 5.69 Å². The van der Waals surface area contributed by atoms with Gasteiger partial charge in [-0.2, -0.15) is 15.2 Å². The second kappa shape index (κ2) is 9.06. The molecule has 2 atom stereocenters. The zero-order valence-electron chi connectivity index (χ0n) is 18.8. The highest BCUT2D eigenvalue weighted by atomic mass is 35.5. The van der Waals surface area contributed by atoms with E-state index in [9.17, 15) is 9.18 Å². The summed E-state index contributed by atoms with van der Waals surface area (Å²) in [6.07, 6.45) is 4.77. The largest absolute Gasteiger partial charge is 0.424 e. The Morgan fingerprint density at radius 1 is 1.26 bits per heavy atom. The van der Waals surface area contributed by atoms with Gasteiger partial charge in [-0.15, -0.1) is 4.80 Å². The Morgan fingerprint density at radius 2 is 2.06 bits per heavy atom. The van der Waals surface area contributed by atoms with Crippen LogP contribution >= 0.6 is 11.6 Å². The predicted molar refractivity (Wildman–Crippen MR) is 127 cm³/mol.